The van der Waals surface area contributed by atoms with Crippen molar-refractivity contribution in [3.63, 3.8) is 0 Å². The average Bonchev–Trinajstić information content (AvgIpc) is 3.15. The summed E-state index contributed by atoms with van der Waals surface area (Å²) >= 11 is 5.95. The van der Waals surface area contributed by atoms with Gasteiger partial charge in [0.1, 0.15) is 11.6 Å². The summed E-state index contributed by atoms with van der Waals surface area (Å²) in [6.07, 6.45) is 9.08. The van der Waals surface area contributed by atoms with Gasteiger partial charge in [0.15, 0.2) is 0 Å². The van der Waals surface area contributed by atoms with Crippen molar-refractivity contribution < 1.29 is 9.53 Å². The first-order chi connectivity index (χ1) is 11.7. The van der Waals surface area contributed by atoms with Gasteiger partial charge in [0, 0.05) is 37.7 Å². The lowest BCUT2D eigenvalue weighted by Gasteiger charge is -2.32. The number of nitrogens with one attached hydrogen (secondary N) is 1. The predicted molar refractivity (Wildman–Crippen MR) is 90.2 cm³/mol. The zero-order chi connectivity index (χ0) is 16.8. The number of ether oxygens (including phenoxy) is 1. The molecule has 1 aliphatic rings. The van der Waals surface area contributed by atoms with Gasteiger partial charge in [-0.05, 0) is 25.0 Å². The van der Waals surface area contributed by atoms with Crippen molar-refractivity contribution >= 4 is 17.6 Å². The van der Waals surface area contributed by atoms with Gasteiger partial charge in [0.25, 0.3) is 0 Å². The molecule has 1 aliphatic heterocycles. The molecule has 2 aromatic rings. The number of aromatic nitrogens is 3. The van der Waals surface area contributed by atoms with Crippen molar-refractivity contribution in [2.24, 2.45) is 0 Å². The molecule has 0 aliphatic carbocycles. The molecule has 0 atom stereocenters. The first-order valence-electron chi connectivity index (χ1n) is 7.97. The number of imidazole rings is 1. The lowest BCUT2D eigenvalue weighted by atomic mass is 10.1. The maximum absolute atomic E-state index is 12.2. The summed E-state index contributed by atoms with van der Waals surface area (Å²) in [4.78, 5) is 22.1. The average molecular weight is 350 g/mol. The molecule has 1 fully saturated rings. The number of urea groups is 1. The summed E-state index contributed by atoms with van der Waals surface area (Å²) < 4.78 is 7.56. The van der Waals surface area contributed by atoms with Crippen LogP contribution < -0.4 is 10.1 Å². The molecular formula is C16H20ClN5O2. The van der Waals surface area contributed by atoms with Crippen LogP contribution in [0.4, 0.5) is 4.79 Å². The molecule has 7 nitrogen and oxygen atoms in total. The summed E-state index contributed by atoms with van der Waals surface area (Å²) in [7, 11) is 0. The molecule has 0 unspecified atom stereocenters. The topological polar surface area (TPSA) is 72.3 Å². The highest BCUT2D eigenvalue weighted by Crippen LogP contribution is 2.22. The number of amides is 2. The number of rotatable bonds is 5. The Morgan fingerprint density at radius 1 is 1.38 bits per heavy atom. The van der Waals surface area contributed by atoms with Gasteiger partial charge in [0.2, 0.25) is 5.88 Å². The molecule has 1 saturated heterocycles. The fraction of sp³-hybridized carbons (Fsp3) is 0.438. The van der Waals surface area contributed by atoms with Gasteiger partial charge in [0.05, 0.1) is 12.9 Å². The second kappa shape index (κ2) is 8.01. The van der Waals surface area contributed by atoms with E-state index in [1.54, 1.807) is 24.5 Å². The standard InChI is InChI=1S/C16H20ClN5O2/c17-14-2-1-5-19-15(14)24-11-7-20-16(23)21-8-3-13(4-9-21)22-10-6-18-12-22/h1-2,5-6,10,12-13H,3-4,7-9,11H2,(H,20,23). The summed E-state index contributed by atoms with van der Waals surface area (Å²) in [6.45, 7) is 2.21. The number of likely N-dealkylation sites (tertiary alicyclic amines) is 1. The van der Waals surface area contributed by atoms with E-state index >= 15 is 0 Å². The monoisotopic (exact) mass is 349 g/mol. The van der Waals surface area contributed by atoms with Crippen LogP contribution >= 0.6 is 11.6 Å². The van der Waals surface area contributed by atoms with E-state index in [1.807, 2.05) is 17.4 Å². The van der Waals surface area contributed by atoms with Crippen LogP contribution in [0.5, 0.6) is 5.88 Å². The SMILES string of the molecule is O=C(NCCOc1ncccc1Cl)N1CCC(n2ccnc2)CC1. The number of hydrogen-bond donors (Lipinski definition) is 1. The Balaban J connectivity index is 1.36. The van der Waals surface area contributed by atoms with E-state index in [1.165, 1.54) is 0 Å². The predicted octanol–water partition coefficient (Wildman–Crippen LogP) is 2.36. The molecule has 2 amide bonds. The molecule has 0 radical (unpaired) electrons. The van der Waals surface area contributed by atoms with Gasteiger partial charge in [-0.25, -0.2) is 14.8 Å². The fourth-order valence-electron chi connectivity index (χ4n) is 2.75. The number of carbonyl (C=O) groups excluding carboxylic acids is 1. The molecule has 3 heterocycles. The van der Waals surface area contributed by atoms with Crippen LogP contribution in [0, 0.1) is 0 Å². The highest BCUT2D eigenvalue weighted by atomic mass is 35.5. The number of carbonyl (C=O) groups is 1. The Morgan fingerprint density at radius 2 is 2.21 bits per heavy atom. The third-order valence-corrected chi connectivity index (χ3v) is 4.33. The quantitative estimate of drug-likeness (QED) is 0.841. The van der Waals surface area contributed by atoms with E-state index in [-0.39, 0.29) is 6.03 Å². The van der Waals surface area contributed by atoms with E-state index in [0.717, 1.165) is 25.9 Å². The molecule has 0 bridgehead atoms. The zero-order valence-electron chi connectivity index (χ0n) is 13.3. The Hall–Kier alpha value is -2.28. The molecule has 2 aromatic heterocycles. The minimum Gasteiger partial charge on any atom is -0.475 e. The molecule has 8 heteroatoms. The van der Waals surface area contributed by atoms with Crippen LogP contribution in [0.1, 0.15) is 18.9 Å². The summed E-state index contributed by atoms with van der Waals surface area (Å²) in [5.74, 6) is 0.384. The number of pyridine rings is 1. The smallest absolute Gasteiger partial charge is 0.317 e. The maximum atomic E-state index is 12.2. The van der Waals surface area contributed by atoms with Crippen LogP contribution in [0.2, 0.25) is 5.02 Å². The number of nitrogens with zero attached hydrogens (tertiary/aromatic N) is 4. The van der Waals surface area contributed by atoms with E-state index in [2.05, 4.69) is 19.9 Å². The first-order valence-corrected chi connectivity index (χ1v) is 8.35. The van der Waals surface area contributed by atoms with Crippen LogP contribution in [0.15, 0.2) is 37.1 Å². The van der Waals surface area contributed by atoms with Crippen molar-refractivity contribution in [2.45, 2.75) is 18.9 Å². The number of hydrogen-bond acceptors (Lipinski definition) is 4. The molecular weight excluding hydrogens is 330 g/mol. The zero-order valence-corrected chi connectivity index (χ0v) is 14.0. The maximum Gasteiger partial charge on any atom is 0.317 e. The van der Waals surface area contributed by atoms with Crippen LogP contribution in [-0.2, 0) is 0 Å². The second-order valence-electron chi connectivity index (χ2n) is 5.60. The fourth-order valence-corrected chi connectivity index (χ4v) is 2.92. The van der Waals surface area contributed by atoms with Crippen molar-refractivity contribution in [3.05, 3.63) is 42.1 Å². The minimum atomic E-state index is -0.0604. The lowest BCUT2D eigenvalue weighted by Crippen LogP contribution is -2.45. The van der Waals surface area contributed by atoms with E-state index in [0.29, 0.717) is 30.1 Å². The molecule has 0 spiro atoms. The van der Waals surface area contributed by atoms with Gasteiger partial charge in [-0.1, -0.05) is 11.6 Å². The van der Waals surface area contributed by atoms with Gasteiger partial charge in [-0.15, -0.1) is 0 Å². The van der Waals surface area contributed by atoms with Crippen molar-refractivity contribution in [2.75, 3.05) is 26.2 Å². The summed E-state index contributed by atoms with van der Waals surface area (Å²) in [5.41, 5.74) is 0. The van der Waals surface area contributed by atoms with Gasteiger partial charge in [-0.2, -0.15) is 0 Å². The van der Waals surface area contributed by atoms with E-state index in [4.69, 9.17) is 16.3 Å². The number of halogens is 1. The Kier molecular flexibility index (Phi) is 5.53. The van der Waals surface area contributed by atoms with Crippen molar-refractivity contribution in [3.8, 4) is 5.88 Å². The largest absolute Gasteiger partial charge is 0.475 e. The highest BCUT2D eigenvalue weighted by molar-refractivity contribution is 6.31. The molecule has 3 rings (SSSR count). The first kappa shape index (κ1) is 16.6. The highest BCUT2D eigenvalue weighted by Gasteiger charge is 2.23. The Labute approximate surface area is 145 Å². The molecule has 0 aromatic carbocycles. The second-order valence-corrected chi connectivity index (χ2v) is 6.01. The minimum absolute atomic E-state index is 0.0604. The Morgan fingerprint density at radius 3 is 2.92 bits per heavy atom. The van der Waals surface area contributed by atoms with Gasteiger partial charge in [-0.3, -0.25) is 0 Å². The van der Waals surface area contributed by atoms with Crippen molar-refractivity contribution in [1.29, 1.82) is 0 Å². The summed E-state index contributed by atoms with van der Waals surface area (Å²) in [5, 5.41) is 3.33. The normalized spacial score (nSPS) is 15.3. The molecule has 0 saturated carbocycles. The molecule has 24 heavy (non-hydrogen) atoms. The van der Waals surface area contributed by atoms with Crippen LogP contribution in [0.3, 0.4) is 0 Å². The lowest BCUT2D eigenvalue weighted by molar-refractivity contribution is 0.169. The molecule has 1 N–H and O–H groups in total. The third kappa shape index (κ3) is 4.17. The van der Waals surface area contributed by atoms with Crippen molar-refractivity contribution in [1.82, 2.24) is 24.8 Å². The summed E-state index contributed by atoms with van der Waals surface area (Å²) in [6, 6.07) is 3.82. The van der Waals surface area contributed by atoms with Gasteiger partial charge < -0.3 is 19.5 Å². The van der Waals surface area contributed by atoms with Gasteiger partial charge >= 0.3 is 6.03 Å². The van der Waals surface area contributed by atoms with Crippen LogP contribution in [0.25, 0.3) is 0 Å². The van der Waals surface area contributed by atoms with E-state index < -0.39 is 0 Å². The number of piperidine rings is 1. The van der Waals surface area contributed by atoms with Crippen LogP contribution in [-0.4, -0.2) is 51.7 Å². The Bertz CT molecular complexity index is 656. The van der Waals surface area contributed by atoms with E-state index in [9.17, 15) is 4.79 Å². The molecule has 128 valence electrons. The third-order valence-electron chi connectivity index (χ3n) is 4.04.